The molecule has 0 unspecified atom stereocenters. The van der Waals surface area contributed by atoms with Gasteiger partial charge in [0, 0.05) is 31.2 Å². The van der Waals surface area contributed by atoms with Crippen molar-refractivity contribution in [3.8, 4) is 0 Å². The van der Waals surface area contributed by atoms with E-state index < -0.39 is 0 Å². The van der Waals surface area contributed by atoms with E-state index in [-0.39, 0.29) is 12.1 Å². The molecule has 2 aromatic rings. The van der Waals surface area contributed by atoms with Crippen molar-refractivity contribution >= 4 is 11.7 Å². The van der Waals surface area contributed by atoms with Gasteiger partial charge in [0.25, 0.3) is 0 Å². The van der Waals surface area contributed by atoms with Gasteiger partial charge in [0.05, 0.1) is 12.7 Å². The van der Waals surface area contributed by atoms with Crippen molar-refractivity contribution < 1.29 is 9.53 Å². The molecule has 0 saturated carbocycles. The van der Waals surface area contributed by atoms with Gasteiger partial charge in [-0.1, -0.05) is 18.2 Å². The molecule has 1 fully saturated rings. The Balaban J connectivity index is 1.34. The number of nitrogens with one attached hydrogen (secondary N) is 1. The summed E-state index contributed by atoms with van der Waals surface area (Å²) in [6.45, 7) is 1.97. The highest BCUT2D eigenvalue weighted by Gasteiger charge is 2.25. The molecule has 136 valence electrons. The van der Waals surface area contributed by atoms with Gasteiger partial charge < -0.3 is 15.0 Å². The maximum atomic E-state index is 12.7. The van der Waals surface area contributed by atoms with E-state index in [0.29, 0.717) is 13.2 Å². The van der Waals surface area contributed by atoms with Gasteiger partial charge >= 0.3 is 6.03 Å². The third-order valence-corrected chi connectivity index (χ3v) is 5.26. The van der Waals surface area contributed by atoms with Crippen LogP contribution in [-0.2, 0) is 24.2 Å². The SMILES string of the molecule is O=C(Nc1cccc2c1CCC2)N1CCC[C@H](OCc2cccnc2)C1. The smallest absolute Gasteiger partial charge is 0.321 e. The zero-order valence-corrected chi connectivity index (χ0v) is 15.0. The third kappa shape index (κ3) is 3.88. The first-order valence-electron chi connectivity index (χ1n) is 9.47. The second kappa shape index (κ2) is 7.87. The van der Waals surface area contributed by atoms with Crippen LogP contribution in [0.1, 0.15) is 36.0 Å². The lowest BCUT2D eigenvalue weighted by Crippen LogP contribution is -2.45. The van der Waals surface area contributed by atoms with E-state index in [1.807, 2.05) is 35.4 Å². The highest BCUT2D eigenvalue weighted by molar-refractivity contribution is 5.90. The van der Waals surface area contributed by atoms with Crippen molar-refractivity contribution in [3.05, 3.63) is 59.4 Å². The summed E-state index contributed by atoms with van der Waals surface area (Å²) >= 11 is 0. The number of piperidine rings is 1. The number of carbonyl (C=O) groups is 1. The van der Waals surface area contributed by atoms with Gasteiger partial charge in [0.1, 0.15) is 0 Å². The minimum Gasteiger partial charge on any atom is -0.372 e. The number of benzene rings is 1. The maximum Gasteiger partial charge on any atom is 0.321 e. The molecule has 0 radical (unpaired) electrons. The number of hydrogen-bond acceptors (Lipinski definition) is 3. The van der Waals surface area contributed by atoms with Crippen LogP contribution >= 0.6 is 0 Å². The Bertz CT molecular complexity index is 763. The summed E-state index contributed by atoms with van der Waals surface area (Å²) in [5.41, 5.74) is 4.72. The Morgan fingerprint density at radius 3 is 3.08 bits per heavy atom. The number of ether oxygens (including phenoxy) is 1. The number of aromatic nitrogens is 1. The fourth-order valence-electron chi connectivity index (χ4n) is 3.89. The van der Waals surface area contributed by atoms with E-state index >= 15 is 0 Å². The molecule has 1 aromatic carbocycles. The fourth-order valence-corrected chi connectivity index (χ4v) is 3.89. The second-order valence-corrected chi connectivity index (χ2v) is 7.11. The first-order valence-corrected chi connectivity index (χ1v) is 9.47. The van der Waals surface area contributed by atoms with Gasteiger partial charge in [-0.25, -0.2) is 4.79 Å². The summed E-state index contributed by atoms with van der Waals surface area (Å²) in [6.07, 6.45) is 8.98. The molecular formula is C21H25N3O2. The topological polar surface area (TPSA) is 54.5 Å². The van der Waals surface area contributed by atoms with Gasteiger partial charge in [-0.2, -0.15) is 0 Å². The van der Waals surface area contributed by atoms with E-state index in [9.17, 15) is 4.79 Å². The summed E-state index contributed by atoms with van der Waals surface area (Å²) in [6, 6.07) is 10.1. The molecule has 1 aliphatic heterocycles. The number of hydrogen-bond donors (Lipinski definition) is 1. The molecule has 0 spiro atoms. The summed E-state index contributed by atoms with van der Waals surface area (Å²) in [5.74, 6) is 0. The monoisotopic (exact) mass is 351 g/mol. The van der Waals surface area contributed by atoms with Crippen molar-refractivity contribution in [2.24, 2.45) is 0 Å². The number of urea groups is 1. The lowest BCUT2D eigenvalue weighted by Gasteiger charge is -2.33. The van der Waals surface area contributed by atoms with Crippen LogP contribution in [-0.4, -0.2) is 35.1 Å². The molecule has 1 atom stereocenters. The second-order valence-electron chi connectivity index (χ2n) is 7.11. The Morgan fingerprint density at radius 1 is 1.23 bits per heavy atom. The molecule has 1 aromatic heterocycles. The summed E-state index contributed by atoms with van der Waals surface area (Å²) < 4.78 is 6.01. The van der Waals surface area contributed by atoms with Gasteiger partial charge in [0.15, 0.2) is 0 Å². The van der Waals surface area contributed by atoms with E-state index in [1.165, 1.54) is 17.5 Å². The van der Waals surface area contributed by atoms with E-state index in [2.05, 4.69) is 16.4 Å². The molecule has 5 nitrogen and oxygen atoms in total. The molecule has 2 heterocycles. The lowest BCUT2D eigenvalue weighted by atomic mass is 10.1. The van der Waals surface area contributed by atoms with Crippen molar-refractivity contribution in [1.82, 2.24) is 9.88 Å². The Morgan fingerprint density at radius 2 is 2.19 bits per heavy atom. The van der Waals surface area contributed by atoms with Gasteiger partial charge in [-0.05, 0) is 60.9 Å². The summed E-state index contributed by atoms with van der Waals surface area (Å²) in [7, 11) is 0. The Labute approximate surface area is 154 Å². The molecule has 26 heavy (non-hydrogen) atoms. The van der Waals surface area contributed by atoms with Crippen molar-refractivity contribution in [1.29, 1.82) is 0 Å². The number of fused-ring (bicyclic) bond motifs is 1. The standard InChI is InChI=1S/C21H25N3O2/c25-21(23-20-10-2-7-17-6-1-9-19(17)20)24-12-4-8-18(14-24)26-15-16-5-3-11-22-13-16/h2-3,5,7,10-11,13,18H,1,4,6,8-9,12,14-15H2,(H,23,25)/t18-/m0/s1. The Hall–Kier alpha value is -2.40. The van der Waals surface area contributed by atoms with Crippen LogP contribution in [0.5, 0.6) is 0 Å². The highest BCUT2D eigenvalue weighted by Crippen LogP contribution is 2.29. The van der Waals surface area contributed by atoms with E-state index in [1.54, 1.807) is 6.20 Å². The van der Waals surface area contributed by atoms with Gasteiger partial charge in [0.2, 0.25) is 0 Å². The predicted molar refractivity (Wildman–Crippen MR) is 101 cm³/mol. The summed E-state index contributed by atoms with van der Waals surface area (Å²) in [4.78, 5) is 18.7. The van der Waals surface area contributed by atoms with Crippen LogP contribution in [0.2, 0.25) is 0 Å². The fraction of sp³-hybridized carbons (Fsp3) is 0.429. The largest absolute Gasteiger partial charge is 0.372 e. The van der Waals surface area contributed by atoms with Gasteiger partial charge in [-0.15, -0.1) is 0 Å². The molecule has 1 aliphatic carbocycles. The third-order valence-electron chi connectivity index (χ3n) is 5.26. The molecule has 1 saturated heterocycles. The zero-order valence-electron chi connectivity index (χ0n) is 15.0. The quantitative estimate of drug-likeness (QED) is 0.912. The number of anilines is 1. The average molecular weight is 351 g/mol. The van der Waals surface area contributed by atoms with Crippen molar-refractivity contribution in [2.45, 2.75) is 44.8 Å². The maximum absolute atomic E-state index is 12.7. The molecule has 2 aliphatic rings. The van der Waals surface area contributed by atoms with Crippen LogP contribution in [0.15, 0.2) is 42.7 Å². The van der Waals surface area contributed by atoms with E-state index in [0.717, 1.165) is 43.5 Å². The first kappa shape index (κ1) is 17.0. The van der Waals surface area contributed by atoms with Crippen molar-refractivity contribution in [3.63, 3.8) is 0 Å². The molecule has 4 rings (SSSR count). The highest BCUT2D eigenvalue weighted by atomic mass is 16.5. The molecule has 1 N–H and O–H groups in total. The van der Waals surface area contributed by atoms with E-state index in [4.69, 9.17) is 4.74 Å². The molecule has 5 heteroatoms. The molecule has 2 amide bonds. The number of nitrogens with zero attached hydrogens (tertiary/aromatic N) is 2. The van der Waals surface area contributed by atoms with Crippen LogP contribution in [0.3, 0.4) is 0 Å². The first-order chi connectivity index (χ1) is 12.8. The number of likely N-dealkylation sites (tertiary alicyclic amines) is 1. The Kier molecular flexibility index (Phi) is 5.16. The number of rotatable bonds is 4. The van der Waals surface area contributed by atoms with Gasteiger partial charge in [-0.3, -0.25) is 4.98 Å². The minimum absolute atomic E-state index is 0.0139. The number of pyridine rings is 1. The molecular weight excluding hydrogens is 326 g/mol. The molecule has 0 bridgehead atoms. The van der Waals surface area contributed by atoms with Crippen molar-refractivity contribution in [2.75, 3.05) is 18.4 Å². The van der Waals surface area contributed by atoms with Crippen LogP contribution < -0.4 is 5.32 Å². The number of carbonyl (C=O) groups excluding carboxylic acids is 1. The van der Waals surface area contributed by atoms with Crippen LogP contribution in [0.25, 0.3) is 0 Å². The lowest BCUT2D eigenvalue weighted by molar-refractivity contribution is 0.000915. The zero-order chi connectivity index (χ0) is 17.8. The predicted octanol–water partition coefficient (Wildman–Crippen LogP) is 3.78. The van der Waals surface area contributed by atoms with Crippen LogP contribution in [0.4, 0.5) is 10.5 Å². The van der Waals surface area contributed by atoms with Crippen LogP contribution in [0, 0.1) is 0 Å². The normalized spacial score (nSPS) is 19.2. The number of amides is 2. The number of aryl methyl sites for hydroxylation is 1. The minimum atomic E-state index is -0.0139. The summed E-state index contributed by atoms with van der Waals surface area (Å²) in [5, 5.41) is 3.13. The average Bonchev–Trinajstić information content (AvgIpc) is 3.17.